The minimum Gasteiger partial charge on any atom is -0.504 e. The van der Waals surface area contributed by atoms with Crippen LogP contribution >= 0.6 is 0 Å². The van der Waals surface area contributed by atoms with Crippen LogP contribution in [0.3, 0.4) is 0 Å². The summed E-state index contributed by atoms with van der Waals surface area (Å²) in [4.78, 5) is 0. The van der Waals surface area contributed by atoms with Crippen molar-refractivity contribution >= 4 is 0 Å². The van der Waals surface area contributed by atoms with E-state index in [9.17, 15) is 10.2 Å². The van der Waals surface area contributed by atoms with Crippen molar-refractivity contribution in [2.45, 2.75) is 64.6 Å². The van der Waals surface area contributed by atoms with Crippen molar-refractivity contribution in [1.82, 2.24) is 0 Å². The molecular weight excluding hydrogens is 240 g/mol. The Labute approximate surface area is 116 Å². The number of hydrogen-bond acceptors (Lipinski definition) is 3. The topological polar surface area (TPSA) is 49.7 Å². The third kappa shape index (κ3) is 2.68. The molecule has 19 heavy (non-hydrogen) atoms. The summed E-state index contributed by atoms with van der Waals surface area (Å²) in [7, 11) is 1.69. The monoisotopic (exact) mass is 268 g/mol. The first kappa shape index (κ1) is 14.9. The lowest BCUT2D eigenvalue weighted by Crippen LogP contribution is -2.50. The van der Waals surface area contributed by atoms with Gasteiger partial charge in [-0.3, -0.25) is 0 Å². The number of aliphatic hydroxyl groups is 2. The maximum Gasteiger partial charge on any atom is 0.0819 e. The van der Waals surface area contributed by atoms with Gasteiger partial charge in [0.05, 0.1) is 25.1 Å². The van der Waals surface area contributed by atoms with Gasteiger partial charge in [-0.1, -0.05) is 6.92 Å². The van der Waals surface area contributed by atoms with E-state index in [1.54, 1.807) is 7.11 Å². The van der Waals surface area contributed by atoms with Gasteiger partial charge < -0.3 is 14.9 Å². The van der Waals surface area contributed by atoms with Crippen LogP contribution in [0.4, 0.5) is 0 Å². The summed E-state index contributed by atoms with van der Waals surface area (Å²) >= 11 is 0. The average molecular weight is 268 g/mol. The van der Waals surface area contributed by atoms with E-state index in [2.05, 4.69) is 6.92 Å². The minimum atomic E-state index is -0.637. The highest BCUT2D eigenvalue weighted by Gasteiger charge is 2.50. The first-order chi connectivity index (χ1) is 8.79. The number of methoxy groups -OCH3 is 1. The summed E-state index contributed by atoms with van der Waals surface area (Å²) in [6, 6.07) is 0. The molecule has 2 saturated carbocycles. The zero-order chi connectivity index (χ0) is 14.3. The second-order valence-electron chi connectivity index (χ2n) is 7.17. The first-order valence-corrected chi connectivity index (χ1v) is 7.41. The van der Waals surface area contributed by atoms with Crippen LogP contribution in [0.5, 0.6) is 0 Å². The van der Waals surface area contributed by atoms with E-state index in [0.717, 1.165) is 32.1 Å². The van der Waals surface area contributed by atoms with Gasteiger partial charge in [0.1, 0.15) is 0 Å². The molecule has 0 saturated heterocycles. The summed E-state index contributed by atoms with van der Waals surface area (Å²) in [6.45, 7) is 6.00. The predicted octanol–water partition coefficient (Wildman–Crippen LogP) is 2.86. The van der Waals surface area contributed by atoms with Gasteiger partial charge in [0.15, 0.2) is 0 Å². The third-order valence-corrected chi connectivity index (χ3v) is 5.53. The molecule has 0 bridgehead atoms. The second-order valence-corrected chi connectivity index (χ2v) is 7.17. The molecule has 2 rings (SSSR count). The third-order valence-electron chi connectivity index (χ3n) is 5.53. The van der Waals surface area contributed by atoms with E-state index in [1.165, 1.54) is 5.57 Å². The number of allylic oxidation sites excluding steroid dienone is 1. The number of fused-ring (bicyclic) bond motifs is 1. The number of rotatable bonds is 2. The molecule has 0 aliphatic heterocycles. The molecule has 0 heterocycles. The van der Waals surface area contributed by atoms with Crippen molar-refractivity contribution in [2.75, 3.05) is 7.11 Å². The average Bonchev–Trinajstić information content (AvgIpc) is 2.32. The Balaban J connectivity index is 2.26. The molecule has 0 amide bonds. The van der Waals surface area contributed by atoms with Crippen molar-refractivity contribution < 1.29 is 14.9 Å². The Bertz CT molecular complexity index is 355. The number of aliphatic hydroxyl groups excluding tert-OH is 1. The quantitative estimate of drug-likeness (QED) is 0.757. The van der Waals surface area contributed by atoms with Crippen LogP contribution in [0.1, 0.15) is 52.9 Å². The van der Waals surface area contributed by atoms with E-state index in [-0.39, 0.29) is 11.5 Å². The maximum absolute atomic E-state index is 10.4. The summed E-state index contributed by atoms with van der Waals surface area (Å²) < 4.78 is 5.23. The lowest BCUT2D eigenvalue weighted by Gasteiger charge is -2.53. The van der Waals surface area contributed by atoms with E-state index in [4.69, 9.17) is 4.74 Å². The largest absolute Gasteiger partial charge is 0.504 e. The summed E-state index contributed by atoms with van der Waals surface area (Å²) in [5.74, 6) is 0.637. The van der Waals surface area contributed by atoms with Crippen LogP contribution in [-0.2, 0) is 4.74 Å². The van der Waals surface area contributed by atoms with E-state index in [0.29, 0.717) is 11.8 Å². The summed E-state index contributed by atoms with van der Waals surface area (Å²) in [5, 5.41) is 20.7. The Hall–Kier alpha value is -0.540. The highest BCUT2D eigenvalue weighted by atomic mass is 16.5. The molecule has 3 heteroatoms. The van der Waals surface area contributed by atoms with Crippen molar-refractivity contribution in [2.24, 2.45) is 17.3 Å². The molecule has 2 aliphatic carbocycles. The Kier molecular flexibility index (Phi) is 3.99. The van der Waals surface area contributed by atoms with Gasteiger partial charge in [-0.05, 0) is 63.4 Å². The van der Waals surface area contributed by atoms with Crippen LogP contribution in [0.2, 0.25) is 0 Å². The minimum absolute atomic E-state index is 0.0512. The lowest BCUT2D eigenvalue weighted by molar-refractivity contribution is -0.0897. The van der Waals surface area contributed by atoms with E-state index < -0.39 is 5.60 Å². The standard InChI is InChI=1S/C16H28O3/c1-15(2,18)12-7-8-16(3)13(9-12)11(10-19-4)5-6-14(16)17/h10,12-14,17-18H,5-9H2,1-4H3/b11-10+/t12-,13+,14-,16-/m1/s1. The number of ether oxygens (including phenoxy) is 1. The van der Waals surface area contributed by atoms with Crippen LogP contribution in [0.15, 0.2) is 11.8 Å². The molecule has 2 aliphatic rings. The molecule has 0 spiro atoms. The zero-order valence-corrected chi connectivity index (χ0v) is 12.6. The van der Waals surface area contributed by atoms with Gasteiger partial charge in [-0.2, -0.15) is 0 Å². The molecule has 110 valence electrons. The van der Waals surface area contributed by atoms with Gasteiger partial charge in [0.25, 0.3) is 0 Å². The molecule has 3 nitrogen and oxygen atoms in total. The van der Waals surface area contributed by atoms with Crippen molar-refractivity contribution in [3.8, 4) is 0 Å². The van der Waals surface area contributed by atoms with Crippen molar-refractivity contribution in [3.63, 3.8) is 0 Å². The Morgan fingerprint density at radius 3 is 2.63 bits per heavy atom. The first-order valence-electron chi connectivity index (χ1n) is 7.41. The molecule has 0 aromatic carbocycles. The normalized spacial score (nSPS) is 42.0. The highest BCUT2D eigenvalue weighted by Crippen LogP contribution is 2.55. The fourth-order valence-corrected chi connectivity index (χ4v) is 4.05. The second kappa shape index (κ2) is 5.10. The number of hydrogen-bond donors (Lipinski definition) is 2. The molecule has 0 aromatic rings. The summed E-state index contributed by atoms with van der Waals surface area (Å²) in [5.41, 5.74) is 0.621. The van der Waals surface area contributed by atoms with Crippen LogP contribution in [-0.4, -0.2) is 29.0 Å². The molecule has 2 fully saturated rings. The molecular formula is C16H28O3. The van der Waals surface area contributed by atoms with Gasteiger partial charge in [0.2, 0.25) is 0 Å². The molecule has 2 N–H and O–H groups in total. The lowest BCUT2D eigenvalue weighted by atomic mass is 9.54. The molecule has 0 aromatic heterocycles. The van der Waals surface area contributed by atoms with Crippen molar-refractivity contribution in [1.29, 1.82) is 0 Å². The smallest absolute Gasteiger partial charge is 0.0819 e. The molecule has 0 radical (unpaired) electrons. The predicted molar refractivity (Wildman–Crippen MR) is 75.6 cm³/mol. The Morgan fingerprint density at radius 2 is 2.05 bits per heavy atom. The van der Waals surface area contributed by atoms with E-state index >= 15 is 0 Å². The fourth-order valence-electron chi connectivity index (χ4n) is 4.05. The maximum atomic E-state index is 10.4. The van der Waals surface area contributed by atoms with Crippen LogP contribution < -0.4 is 0 Å². The zero-order valence-electron chi connectivity index (χ0n) is 12.6. The van der Waals surface area contributed by atoms with Crippen LogP contribution in [0, 0.1) is 17.3 Å². The van der Waals surface area contributed by atoms with Gasteiger partial charge >= 0.3 is 0 Å². The van der Waals surface area contributed by atoms with Gasteiger partial charge in [-0.25, -0.2) is 0 Å². The SMILES string of the molecule is CO/C=C1\CC[C@@H](O)[C@]2(C)CC[C@@H](C(C)(C)O)C[C@@H]12. The Morgan fingerprint density at radius 1 is 1.37 bits per heavy atom. The molecule has 0 unspecified atom stereocenters. The van der Waals surface area contributed by atoms with Gasteiger partial charge in [-0.15, -0.1) is 0 Å². The summed E-state index contributed by atoms with van der Waals surface area (Å²) in [6.07, 6.45) is 6.30. The van der Waals surface area contributed by atoms with Crippen LogP contribution in [0.25, 0.3) is 0 Å². The van der Waals surface area contributed by atoms with E-state index in [1.807, 2.05) is 20.1 Å². The fraction of sp³-hybridized carbons (Fsp3) is 0.875. The molecule has 4 atom stereocenters. The van der Waals surface area contributed by atoms with Gasteiger partial charge in [0, 0.05) is 5.41 Å². The van der Waals surface area contributed by atoms with Crippen molar-refractivity contribution in [3.05, 3.63) is 11.8 Å². The highest BCUT2D eigenvalue weighted by molar-refractivity contribution is 5.17.